The van der Waals surface area contributed by atoms with E-state index in [0.29, 0.717) is 0 Å². The number of hydrogen-bond donors (Lipinski definition) is 2. The van der Waals surface area contributed by atoms with Crippen molar-refractivity contribution in [2.24, 2.45) is 0 Å². The van der Waals surface area contributed by atoms with Crippen LogP contribution in [0.3, 0.4) is 0 Å². The first-order valence-electron chi connectivity index (χ1n) is 15.1. The number of carbonyl (C=O) groups is 4. The fraction of sp³-hybridized carbons (Fsp3) is 0.556. The van der Waals surface area contributed by atoms with E-state index in [-0.39, 0.29) is 58.8 Å². The van der Waals surface area contributed by atoms with Gasteiger partial charge in [-0.05, 0) is 67.9 Å². The highest BCUT2D eigenvalue weighted by molar-refractivity contribution is 6.33. The van der Waals surface area contributed by atoms with Gasteiger partial charge in [0.05, 0.1) is 12.8 Å². The Labute approximate surface area is 262 Å². The number of aryl methyl sites for hydroxylation is 2. The van der Waals surface area contributed by atoms with Gasteiger partial charge in [0.2, 0.25) is 0 Å². The topological polar surface area (TPSA) is 127 Å². The van der Waals surface area contributed by atoms with Gasteiger partial charge in [-0.25, -0.2) is 9.59 Å². The van der Waals surface area contributed by atoms with Crippen LogP contribution >= 0.6 is 0 Å². The zero-order valence-electron chi connectivity index (χ0n) is 28.5. The SMILES string of the molecule is CC(C)(C)c1cc(CCC(=O)OC(=O)C(=O)OC(=O)CCc2cc(C(C)(C)C)c(O)c(C(C)(C)C)c2)cc(C(C)(C)C)c1O. The van der Waals surface area contributed by atoms with Crippen LogP contribution < -0.4 is 0 Å². The third-order valence-corrected chi connectivity index (χ3v) is 7.39. The summed E-state index contributed by atoms with van der Waals surface area (Å²) in [5.74, 6) is -4.56. The molecule has 8 nitrogen and oxygen atoms in total. The van der Waals surface area contributed by atoms with Crippen LogP contribution in [0.2, 0.25) is 0 Å². The zero-order chi connectivity index (χ0) is 34.0. The second kappa shape index (κ2) is 13.1. The Hall–Kier alpha value is -3.68. The molecule has 2 aromatic carbocycles. The van der Waals surface area contributed by atoms with Gasteiger partial charge in [0.15, 0.2) is 0 Å². The lowest BCUT2D eigenvalue weighted by molar-refractivity contribution is -0.177. The molecule has 2 rings (SSSR count). The van der Waals surface area contributed by atoms with E-state index < -0.39 is 23.9 Å². The monoisotopic (exact) mass is 610 g/mol. The van der Waals surface area contributed by atoms with Crippen molar-refractivity contribution in [1.29, 1.82) is 0 Å². The second-order valence-electron chi connectivity index (χ2n) is 15.6. The third-order valence-electron chi connectivity index (χ3n) is 7.39. The van der Waals surface area contributed by atoms with Gasteiger partial charge >= 0.3 is 23.9 Å². The Balaban J connectivity index is 2.03. The number of rotatable bonds is 6. The first kappa shape index (κ1) is 36.5. The number of carbonyl (C=O) groups excluding carboxylic acids is 4. The molecule has 0 spiro atoms. The predicted octanol–water partition coefficient (Wildman–Crippen LogP) is 6.99. The van der Waals surface area contributed by atoms with Crippen molar-refractivity contribution in [1.82, 2.24) is 0 Å². The summed E-state index contributed by atoms with van der Waals surface area (Å²) in [5, 5.41) is 21.8. The van der Waals surface area contributed by atoms with Crippen LogP contribution in [0.4, 0.5) is 0 Å². The van der Waals surface area contributed by atoms with Crippen molar-refractivity contribution in [2.45, 2.75) is 130 Å². The van der Waals surface area contributed by atoms with Crippen LogP contribution in [0.15, 0.2) is 24.3 Å². The minimum atomic E-state index is -1.56. The number of hydrogen-bond acceptors (Lipinski definition) is 8. The standard InChI is InChI=1S/C36H50O8/c1-33(2,3)23-17-21(18-24(29(23)39)34(4,5)6)13-15-27(37)43-31(41)32(42)44-28(38)16-14-22-19-25(35(7,8)9)30(40)26(20-22)36(10,11)12/h17-20,39-40H,13-16H2,1-12H3. The maximum absolute atomic E-state index is 12.4. The molecule has 0 fully saturated rings. The highest BCUT2D eigenvalue weighted by atomic mass is 16.6. The number of benzene rings is 2. The van der Waals surface area contributed by atoms with Gasteiger partial charge in [0.1, 0.15) is 11.5 Å². The number of phenols is 2. The maximum atomic E-state index is 12.4. The largest absolute Gasteiger partial charge is 0.507 e. The lowest BCUT2D eigenvalue weighted by atomic mass is 9.78. The Kier molecular flexibility index (Phi) is 10.9. The molecule has 2 aromatic rings. The minimum absolute atomic E-state index is 0.196. The van der Waals surface area contributed by atoms with E-state index in [1.165, 1.54) is 0 Å². The molecule has 0 radical (unpaired) electrons. The lowest BCUT2D eigenvalue weighted by Gasteiger charge is -2.28. The number of ether oxygens (including phenoxy) is 2. The summed E-state index contributed by atoms with van der Waals surface area (Å²) in [5.41, 5.74) is 3.11. The van der Waals surface area contributed by atoms with Crippen LogP contribution in [-0.2, 0) is 63.2 Å². The molecule has 242 valence electrons. The molecule has 0 aliphatic carbocycles. The average molecular weight is 611 g/mol. The van der Waals surface area contributed by atoms with Gasteiger partial charge in [-0.1, -0.05) is 107 Å². The van der Waals surface area contributed by atoms with Gasteiger partial charge in [-0.15, -0.1) is 0 Å². The molecule has 8 heteroatoms. The van der Waals surface area contributed by atoms with Crippen LogP contribution in [0.25, 0.3) is 0 Å². The molecule has 0 saturated heterocycles. The quantitative estimate of drug-likeness (QED) is 0.203. The molecule has 0 unspecified atom stereocenters. The third kappa shape index (κ3) is 9.66. The molecular weight excluding hydrogens is 560 g/mol. The van der Waals surface area contributed by atoms with E-state index >= 15 is 0 Å². The Morgan fingerprint density at radius 2 is 0.727 bits per heavy atom. The molecule has 0 heterocycles. The fourth-order valence-corrected chi connectivity index (χ4v) is 4.85. The van der Waals surface area contributed by atoms with Crippen LogP contribution in [0.1, 0.15) is 129 Å². The van der Waals surface area contributed by atoms with E-state index in [4.69, 9.17) is 0 Å². The fourth-order valence-electron chi connectivity index (χ4n) is 4.85. The van der Waals surface area contributed by atoms with Crippen molar-refractivity contribution < 1.29 is 38.9 Å². The predicted molar refractivity (Wildman–Crippen MR) is 170 cm³/mol. The molecule has 0 bridgehead atoms. The second-order valence-corrected chi connectivity index (χ2v) is 15.6. The molecule has 0 amide bonds. The van der Waals surface area contributed by atoms with E-state index in [2.05, 4.69) is 9.47 Å². The molecule has 2 N–H and O–H groups in total. The molecule has 0 aromatic heterocycles. The molecular formula is C36H50O8. The molecule has 0 aliphatic heterocycles. The van der Waals surface area contributed by atoms with E-state index in [0.717, 1.165) is 33.4 Å². The summed E-state index contributed by atoms with van der Waals surface area (Å²) >= 11 is 0. The molecule has 0 atom stereocenters. The maximum Gasteiger partial charge on any atom is 0.425 e. The van der Waals surface area contributed by atoms with E-state index in [9.17, 15) is 29.4 Å². The number of esters is 4. The molecule has 44 heavy (non-hydrogen) atoms. The summed E-state index contributed by atoms with van der Waals surface area (Å²) in [6.45, 7) is 23.8. The summed E-state index contributed by atoms with van der Waals surface area (Å²) in [6.07, 6.45) is 0.0362. The highest BCUT2D eigenvalue weighted by Gasteiger charge is 2.29. The average Bonchev–Trinajstić information content (AvgIpc) is 2.84. The molecule has 0 aliphatic rings. The van der Waals surface area contributed by atoms with Gasteiger partial charge in [0.25, 0.3) is 0 Å². The minimum Gasteiger partial charge on any atom is -0.507 e. The smallest absolute Gasteiger partial charge is 0.425 e. The van der Waals surface area contributed by atoms with Crippen molar-refractivity contribution in [3.8, 4) is 11.5 Å². The van der Waals surface area contributed by atoms with Crippen LogP contribution in [0, 0.1) is 0 Å². The van der Waals surface area contributed by atoms with Crippen LogP contribution in [0.5, 0.6) is 11.5 Å². The van der Waals surface area contributed by atoms with Crippen molar-refractivity contribution >= 4 is 23.9 Å². The molecule has 0 saturated carbocycles. The van der Waals surface area contributed by atoms with Crippen LogP contribution in [-0.4, -0.2) is 34.1 Å². The zero-order valence-corrected chi connectivity index (χ0v) is 28.5. The Bertz CT molecular complexity index is 1240. The van der Waals surface area contributed by atoms with Gasteiger partial charge in [-0.3, -0.25) is 9.59 Å². The number of aromatic hydroxyl groups is 2. The lowest BCUT2D eigenvalue weighted by Crippen LogP contribution is -2.26. The Morgan fingerprint density at radius 1 is 0.500 bits per heavy atom. The first-order chi connectivity index (χ1) is 19.8. The summed E-state index contributed by atoms with van der Waals surface area (Å²) in [4.78, 5) is 49.2. The van der Waals surface area contributed by atoms with Crippen molar-refractivity contribution in [3.05, 3.63) is 57.6 Å². The van der Waals surface area contributed by atoms with Crippen molar-refractivity contribution in [3.63, 3.8) is 0 Å². The van der Waals surface area contributed by atoms with Crippen molar-refractivity contribution in [2.75, 3.05) is 0 Å². The normalized spacial score (nSPS) is 12.5. The summed E-state index contributed by atoms with van der Waals surface area (Å²) in [6, 6.07) is 7.32. The highest BCUT2D eigenvalue weighted by Crippen LogP contribution is 2.41. The summed E-state index contributed by atoms with van der Waals surface area (Å²) < 4.78 is 9.31. The van der Waals surface area contributed by atoms with E-state index in [1.54, 1.807) is 0 Å². The van der Waals surface area contributed by atoms with Gasteiger partial charge in [-0.2, -0.15) is 0 Å². The van der Waals surface area contributed by atoms with E-state index in [1.807, 2.05) is 107 Å². The van der Waals surface area contributed by atoms with Gasteiger partial charge < -0.3 is 19.7 Å². The number of phenolic OH excluding ortho intramolecular Hbond substituents is 2. The van der Waals surface area contributed by atoms with Gasteiger partial charge in [0, 0.05) is 0 Å². The Morgan fingerprint density at radius 3 is 0.932 bits per heavy atom. The first-order valence-corrected chi connectivity index (χ1v) is 15.1. The summed E-state index contributed by atoms with van der Waals surface area (Å²) in [7, 11) is 0.